The second-order valence-electron chi connectivity index (χ2n) is 6.90. The molecular weight excluding hydrogens is 524 g/mol. The summed E-state index contributed by atoms with van der Waals surface area (Å²) in [5, 5.41) is 33.1. The van der Waals surface area contributed by atoms with Crippen molar-refractivity contribution in [2.45, 2.75) is 14.7 Å². The molecule has 1 N–H and O–H groups in total. The second-order valence-corrected chi connectivity index (χ2v) is 10.4. The predicted molar refractivity (Wildman–Crippen MR) is 118 cm³/mol. The Hall–Kier alpha value is -3.15. The summed E-state index contributed by atoms with van der Waals surface area (Å²) >= 11 is 0.567. The van der Waals surface area contributed by atoms with E-state index in [2.05, 4.69) is 19.6 Å². The minimum Gasteiger partial charge on any atom is -0.870 e. The van der Waals surface area contributed by atoms with Gasteiger partial charge in [-0.05, 0) is 35.7 Å². The Morgan fingerprint density at radius 2 is 1.49 bits per heavy atom. The summed E-state index contributed by atoms with van der Waals surface area (Å²) in [7, 11) is -9.98. The van der Waals surface area contributed by atoms with Gasteiger partial charge in [0.05, 0.1) is 28.3 Å². The first kappa shape index (κ1) is 25.0. The Morgan fingerprint density at radius 3 is 2.14 bits per heavy atom. The highest BCUT2D eigenvalue weighted by Crippen LogP contribution is 2.41. The molecule has 0 aromatic heterocycles. The van der Waals surface area contributed by atoms with Gasteiger partial charge >= 0.3 is 0 Å². The maximum absolute atomic E-state index is 12.8. The van der Waals surface area contributed by atoms with Crippen LogP contribution < -0.4 is 5.11 Å². The second kappa shape index (κ2) is 9.48. The molecule has 182 valence electrons. The van der Waals surface area contributed by atoms with Gasteiger partial charge in [0, 0.05) is 25.9 Å². The summed E-state index contributed by atoms with van der Waals surface area (Å²) in [4.78, 5) is -1.21. The third-order valence-electron chi connectivity index (χ3n) is 4.82. The van der Waals surface area contributed by atoms with E-state index < -0.39 is 41.5 Å². The van der Waals surface area contributed by atoms with Crippen LogP contribution in [0.5, 0.6) is 5.75 Å². The van der Waals surface area contributed by atoms with Gasteiger partial charge in [-0.1, -0.05) is 41.1 Å². The molecule has 0 aliphatic rings. The fourth-order valence-electron chi connectivity index (χ4n) is 3.38. The number of hydrogen-bond acceptors (Lipinski definition) is 13. The van der Waals surface area contributed by atoms with Crippen LogP contribution in [0.15, 0.2) is 85.6 Å². The van der Waals surface area contributed by atoms with Crippen LogP contribution >= 0.6 is 12.0 Å². The molecule has 0 aliphatic carbocycles. The Kier molecular flexibility index (Phi) is 6.76. The maximum atomic E-state index is 12.8. The molecule has 0 bridgehead atoms. The third kappa shape index (κ3) is 5.12. The zero-order valence-corrected chi connectivity index (χ0v) is 19.5. The Balaban J connectivity index is 1.93. The molecule has 0 saturated carbocycles. The van der Waals surface area contributed by atoms with Gasteiger partial charge in [0.25, 0.3) is 0 Å². The first-order valence-electron chi connectivity index (χ1n) is 9.28. The number of hydrogen-bond donors (Lipinski definition) is 1. The summed E-state index contributed by atoms with van der Waals surface area (Å²) < 4.78 is 74.1. The van der Waals surface area contributed by atoms with Crippen LogP contribution in [-0.4, -0.2) is 31.2 Å². The monoisotopic (exact) mass is 535 g/mol. The van der Waals surface area contributed by atoms with E-state index in [0.717, 1.165) is 12.1 Å². The van der Waals surface area contributed by atoms with Crippen molar-refractivity contribution in [2.75, 3.05) is 0 Å². The lowest BCUT2D eigenvalue weighted by molar-refractivity contribution is -0.432. The topological polar surface area (TPSA) is 201 Å². The van der Waals surface area contributed by atoms with Gasteiger partial charge in [-0.3, -0.25) is 0 Å². The Labute approximate surface area is 202 Å². The van der Waals surface area contributed by atoms with Crippen LogP contribution in [0.25, 0.3) is 21.5 Å². The highest BCUT2D eigenvalue weighted by molar-refractivity contribution is 7.94. The molecule has 0 heterocycles. The van der Waals surface area contributed by atoms with Gasteiger partial charge in [0.2, 0.25) is 0 Å². The molecule has 0 aliphatic heterocycles. The summed E-state index contributed by atoms with van der Waals surface area (Å²) in [5.74, 6) is -1.19. The minimum atomic E-state index is -5.19. The number of fused-ring (bicyclic) bond motifs is 2. The van der Waals surface area contributed by atoms with Crippen LogP contribution in [0.2, 0.25) is 0 Å². The smallest absolute Gasteiger partial charge is 0.125 e. The van der Waals surface area contributed by atoms with Crippen molar-refractivity contribution in [3.8, 4) is 5.75 Å². The molecule has 35 heavy (non-hydrogen) atoms. The van der Waals surface area contributed by atoms with Gasteiger partial charge in [-0.2, -0.15) is 5.11 Å². The van der Waals surface area contributed by atoms with E-state index in [4.69, 9.17) is 5.26 Å². The van der Waals surface area contributed by atoms with Crippen LogP contribution in [0.4, 0.5) is 11.4 Å². The molecule has 0 atom stereocenters. The maximum Gasteiger partial charge on any atom is 0.125 e. The quantitative estimate of drug-likeness (QED) is 0.119. The molecule has 0 fully saturated rings. The highest BCUT2D eigenvalue weighted by atomic mass is 32.2. The predicted octanol–water partition coefficient (Wildman–Crippen LogP) is 3.72. The molecule has 0 amide bonds. The average molecular weight is 536 g/mol. The Morgan fingerprint density at radius 1 is 0.800 bits per heavy atom. The SMILES string of the molecule is O=S(=O)([O-])c1cc2cc(SOOO)ccc2c(N=Nc2ccc(S(=O)(=O)[O-])c3ccccc23)c1[O-]. The summed E-state index contributed by atoms with van der Waals surface area (Å²) in [6.45, 7) is 0. The fourth-order valence-corrected chi connectivity index (χ4v) is 5.06. The lowest BCUT2D eigenvalue weighted by atomic mass is 10.1. The molecule has 4 rings (SSSR count). The van der Waals surface area contributed by atoms with E-state index in [-0.39, 0.29) is 27.2 Å². The van der Waals surface area contributed by atoms with Crippen molar-refractivity contribution >= 4 is 65.2 Å². The molecule has 4 aromatic carbocycles. The molecule has 0 unspecified atom stereocenters. The summed E-state index contributed by atoms with van der Waals surface area (Å²) in [5.41, 5.74) is -0.381. The number of rotatable bonds is 7. The molecule has 0 radical (unpaired) electrons. The lowest BCUT2D eigenvalue weighted by Crippen LogP contribution is -2.05. The van der Waals surface area contributed by atoms with Crippen molar-refractivity contribution in [1.29, 1.82) is 0 Å². The molecule has 12 nitrogen and oxygen atoms in total. The van der Waals surface area contributed by atoms with E-state index in [1.807, 2.05) is 0 Å². The van der Waals surface area contributed by atoms with Gasteiger partial charge in [-0.25, -0.2) is 22.1 Å². The fraction of sp³-hybridized carbons (Fsp3) is 0. The third-order valence-corrected chi connectivity index (χ3v) is 7.13. The van der Waals surface area contributed by atoms with E-state index in [1.165, 1.54) is 42.5 Å². The molecular formula is C20H11N2O10S3-3. The van der Waals surface area contributed by atoms with E-state index >= 15 is 0 Å². The lowest BCUT2D eigenvalue weighted by Gasteiger charge is -2.20. The zero-order valence-electron chi connectivity index (χ0n) is 17.0. The van der Waals surface area contributed by atoms with E-state index in [0.29, 0.717) is 16.9 Å². The molecule has 4 aromatic rings. The van der Waals surface area contributed by atoms with Crippen molar-refractivity contribution in [1.82, 2.24) is 0 Å². The van der Waals surface area contributed by atoms with Crippen LogP contribution in [0.3, 0.4) is 0 Å². The van der Waals surface area contributed by atoms with Gasteiger partial charge in [0.1, 0.15) is 20.2 Å². The first-order chi connectivity index (χ1) is 16.5. The van der Waals surface area contributed by atoms with Crippen molar-refractivity contribution < 1.29 is 45.7 Å². The van der Waals surface area contributed by atoms with Crippen molar-refractivity contribution in [3.63, 3.8) is 0 Å². The van der Waals surface area contributed by atoms with Gasteiger partial charge < -0.3 is 14.2 Å². The summed E-state index contributed by atoms with van der Waals surface area (Å²) in [6.07, 6.45) is 0. The normalized spacial score (nSPS) is 12.7. The van der Waals surface area contributed by atoms with Gasteiger partial charge in [0.15, 0.2) is 0 Å². The number of benzene rings is 4. The van der Waals surface area contributed by atoms with E-state index in [9.17, 15) is 31.0 Å². The zero-order chi connectivity index (χ0) is 25.4. The molecule has 0 spiro atoms. The van der Waals surface area contributed by atoms with E-state index in [1.54, 1.807) is 6.07 Å². The molecule has 15 heteroatoms. The minimum absolute atomic E-state index is 0.0785. The Bertz CT molecular complexity index is 1700. The number of azo groups is 1. The van der Waals surface area contributed by atoms with Crippen LogP contribution in [0.1, 0.15) is 0 Å². The molecule has 0 saturated heterocycles. The van der Waals surface area contributed by atoms with Crippen LogP contribution in [-0.2, 0) is 29.6 Å². The average Bonchev–Trinajstić information content (AvgIpc) is 2.80. The first-order valence-corrected chi connectivity index (χ1v) is 12.8. The standard InChI is InChI=1S/C20H14N2O10S3/c23-20-18(35(28,29)30)10-11-9-12(33-32-31-24)5-6-13(11)19(20)22-21-16-7-8-17(34(25,26)27)15-4-2-1-3-14(15)16/h1-10,23-24H,(H,25,26,27)(H,28,29,30)/p-3. The summed E-state index contributed by atoms with van der Waals surface area (Å²) in [6, 6.07) is 13.3. The van der Waals surface area contributed by atoms with Crippen molar-refractivity contribution in [2.24, 2.45) is 10.2 Å². The van der Waals surface area contributed by atoms with Crippen LogP contribution in [0, 0.1) is 0 Å². The van der Waals surface area contributed by atoms with Crippen molar-refractivity contribution in [3.05, 3.63) is 60.7 Å². The highest BCUT2D eigenvalue weighted by Gasteiger charge is 2.14. The largest absolute Gasteiger partial charge is 0.870 e. The number of nitrogens with zero attached hydrogens (tertiary/aromatic N) is 2. The van der Waals surface area contributed by atoms with Gasteiger partial charge in [-0.15, -0.1) is 9.45 Å².